The molecule has 0 spiro atoms. The first-order chi connectivity index (χ1) is 10.7. The molecule has 3 fully saturated rings. The fraction of sp³-hybridized carbons (Fsp3) is 0.895. The highest BCUT2D eigenvalue weighted by molar-refractivity contribution is 5.30. The van der Waals surface area contributed by atoms with Crippen LogP contribution < -0.4 is 0 Å². The summed E-state index contributed by atoms with van der Waals surface area (Å²) in [6, 6.07) is 0. The molecule has 0 heterocycles. The molecule has 2 unspecified atom stereocenters. The summed E-state index contributed by atoms with van der Waals surface area (Å²) in [7, 11) is 0. The van der Waals surface area contributed by atoms with Crippen molar-refractivity contribution in [2.75, 3.05) is 0 Å². The van der Waals surface area contributed by atoms with Crippen molar-refractivity contribution < 1.29 is 20.4 Å². The van der Waals surface area contributed by atoms with Gasteiger partial charge in [0.05, 0.1) is 23.9 Å². The second-order valence-electron chi connectivity index (χ2n) is 9.14. The SMILES string of the molecule is C[C@]12CC[C@H](O)CC1=CC[C@]1(O)C2[C@H](O)C[C@@]2(C)C1CC[C@@H]2O. The van der Waals surface area contributed by atoms with E-state index >= 15 is 0 Å². The molecule has 4 aliphatic rings. The van der Waals surface area contributed by atoms with Gasteiger partial charge in [-0.1, -0.05) is 25.5 Å². The van der Waals surface area contributed by atoms with E-state index in [0.29, 0.717) is 19.3 Å². The maximum Gasteiger partial charge on any atom is 0.0777 e. The Morgan fingerprint density at radius 3 is 2.57 bits per heavy atom. The predicted molar refractivity (Wildman–Crippen MR) is 86.6 cm³/mol. The normalized spacial score (nSPS) is 58.9. The van der Waals surface area contributed by atoms with E-state index in [0.717, 1.165) is 25.7 Å². The molecule has 4 N–H and O–H groups in total. The molecule has 0 radical (unpaired) electrons. The third kappa shape index (κ3) is 1.92. The van der Waals surface area contributed by atoms with Crippen molar-refractivity contribution >= 4 is 0 Å². The molecule has 0 saturated heterocycles. The lowest BCUT2D eigenvalue weighted by atomic mass is 9.45. The van der Waals surface area contributed by atoms with Gasteiger partial charge in [0.25, 0.3) is 0 Å². The highest BCUT2D eigenvalue weighted by atomic mass is 16.3. The number of aliphatic hydroxyl groups excluding tert-OH is 3. The van der Waals surface area contributed by atoms with Gasteiger partial charge in [-0.2, -0.15) is 0 Å². The molecular weight excluding hydrogens is 292 g/mol. The fourth-order valence-corrected chi connectivity index (χ4v) is 6.85. The van der Waals surface area contributed by atoms with Gasteiger partial charge < -0.3 is 20.4 Å². The quantitative estimate of drug-likeness (QED) is 0.512. The molecule has 0 amide bonds. The number of rotatable bonds is 0. The van der Waals surface area contributed by atoms with Crippen molar-refractivity contribution in [2.24, 2.45) is 22.7 Å². The number of fused-ring (bicyclic) bond motifs is 5. The zero-order chi connectivity index (χ0) is 16.6. The van der Waals surface area contributed by atoms with Crippen molar-refractivity contribution in [1.29, 1.82) is 0 Å². The minimum Gasteiger partial charge on any atom is -0.393 e. The Labute approximate surface area is 138 Å². The summed E-state index contributed by atoms with van der Waals surface area (Å²) in [5.74, 6) is -0.147. The molecule has 4 rings (SSSR count). The molecule has 4 aliphatic carbocycles. The van der Waals surface area contributed by atoms with Gasteiger partial charge in [-0.3, -0.25) is 0 Å². The Balaban J connectivity index is 1.80. The van der Waals surface area contributed by atoms with Crippen LogP contribution in [0.4, 0.5) is 0 Å². The summed E-state index contributed by atoms with van der Waals surface area (Å²) in [6.45, 7) is 4.20. The molecule has 0 bridgehead atoms. The van der Waals surface area contributed by atoms with Crippen LogP contribution in [0.25, 0.3) is 0 Å². The van der Waals surface area contributed by atoms with E-state index in [1.807, 2.05) is 6.92 Å². The average Bonchev–Trinajstić information content (AvgIpc) is 2.76. The summed E-state index contributed by atoms with van der Waals surface area (Å²) < 4.78 is 0. The fourth-order valence-electron chi connectivity index (χ4n) is 6.85. The number of hydrogen-bond donors (Lipinski definition) is 4. The Bertz CT molecular complexity index is 545. The lowest BCUT2D eigenvalue weighted by Gasteiger charge is -2.63. The summed E-state index contributed by atoms with van der Waals surface area (Å²) in [6.07, 6.45) is 5.68. The Morgan fingerprint density at radius 2 is 1.83 bits per heavy atom. The van der Waals surface area contributed by atoms with Crippen LogP contribution in [0.1, 0.15) is 58.8 Å². The average molecular weight is 322 g/mol. The van der Waals surface area contributed by atoms with E-state index in [4.69, 9.17) is 0 Å². The van der Waals surface area contributed by atoms with Gasteiger partial charge in [0, 0.05) is 11.3 Å². The molecule has 0 aromatic rings. The van der Waals surface area contributed by atoms with Gasteiger partial charge in [-0.05, 0) is 56.3 Å². The lowest BCUT2D eigenvalue weighted by Crippen LogP contribution is -2.66. The first-order valence-corrected chi connectivity index (χ1v) is 9.18. The molecule has 0 aliphatic heterocycles. The van der Waals surface area contributed by atoms with Gasteiger partial charge in [0.2, 0.25) is 0 Å². The molecule has 130 valence electrons. The van der Waals surface area contributed by atoms with Crippen LogP contribution in [0.2, 0.25) is 0 Å². The van der Waals surface area contributed by atoms with E-state index in [1.54, 1.807) is 0 Å². The Morgan fingerprint density at radius 1 is 1.09 bits per heavy atom. The van der Waals surface area contributed by atoms with Gasteiger partial charge in [0.15, 0.2) is 0 Å². The van der Waals surface area contributed by atoms with E-state index < -0.39 is 17.8 Å². The molecule has 8 atom stereocenters. The van der Waals surface area contributed by atoms with E-state index in [-0.39, 0.29) is 28.8 Å². The van der Waals surface area contributed by atoms with Crippen LogP contribution in [-0.2, 0) is 0 Å². The first-order valence-electron chi connectivity index (χ1n) is 9.18. The molecule has 3 saturated carbocycles. The summed E-state index contributed by atoms with van der Waals surface area (Å²) in [5.41, 5.74) is -0.349. The van der Waals surface area contributed by atoms with E-state index in [1.165, 1.54) is 5.57 Å². The molecule has 4 heteroatoms. The van der Waals surface area contributed by atoms with Crippen LogP contribution in [-0.4, -0.2) is 44.3 Å². The predicted octanol–water partition coefficient (Wildman–Crippen LogP) is 1.76. The second kappa shape index (κ2) is 4.81. The standard InChI is InChI=1S/C19H30O4/c1-17-7-6-12(20)9-11(17)5-8-19(23)14-3-4-15(22)18(14,2)10-13(21)16(17)19/h5,12-16,20-23H,3-4,6-10H2,1-2H3/t12-,13+,14?,15-,16?,17-,18-,19+/m0/s1. The van der Waals surface area contributed by atoms with Crippen LogP contribution in [0.15, 0.2) is 11.6 Å². The van der Waals surface area contributed by atoms with Crippen molar-refractivity contribution in [2.45, 2.75) is 82.7 Å². The summed E-state index contributed by atoms with van der Waals surface area (Å²) in [4.78, 5) is 0. The van der Waals surface area contributed by atoms with Crippen LogP contribution in [0, 0.1) is 22.7 Å². The second-order valence-corrected chi connectivity index (χ2v) is 9.14. The van der Waals surface area contributed by atoms with Crippen LogP contribution in [0.3, 0.4) is 0 Å². The van der Waals surface area contributed by atoms with E-state index in [2.05, 4.69) is 13.0 Å². The zero-order valence-corrected chi connectivity index (χ0v) is 14.2. The summed E-state index contributed by atoms with van der Waals surface area (Å²) >= 11 is 0. The van der Waals surface area contributed by atoms with Gasteiger partial charge in [-0.15, -0.1) is 0 Å². The largest absolute Gasteiger partial charge is 0.393 e. The maximum atomic E-state index is 11.7. The highest BCUT2D eigenvalue weighted by Crippen LogP contribution is 2.66. The van der Waals surface area contributed by atoms with Gasteiger partial charge >= 0.3 is 0 Å². The maximum absolute atomic E-state index is 11.7. The molecule has 0 aromatic carbocycles. The van der Waals surface area contributed by atoms with Crippen molar-refractivity contribution in [1.82, 2.24) is 0 Å². The number of aliphatic hydroxyl groups is 4. The minimum atomic E-state index is -0.940. The first kappa shape index (κ1) is 16.1. The zero-order valence-electron chi connectivity index (χ0n) is 14.2. The molecule has 23 heavy (non-hydrogen) atoms. The monoisotopic (exact) mass is 322 g/mol. The van der Waals surface area contributed by atoms with Crippen molar-refractivity contribution in [3.8, 4) is 0 Å². The molecule has 0 aromatic heterocycles. The smallest absolute Gasteiger partial charge is 0.0777 e. The topological polar surface area (TPSA) is 80.9 Å². The lowest BCUT2D eigenvalue weighted by molar-refractivity contribution is -0.225. The molecular formula is C19H30O4. The third-order valence-corrected chi connectivity index (χ3v) is 8.01. The Hall–Kier alpha value is -0.420. The van der Waals surface area contributed by atoms with E-state index in [9.17, 15) is 20.4 Å². The third-order valence-electron chi connectivity index (χ3n) is 8.01. The van der Waals surface area contributed by atoms with Crippen molar-refractivity contribution in [3.05, 3.63) is 11.6 Å². The van der Waals surface area contributed by atoms with Gasteiger partial charge in [0.1, 0.15) is 0 Å². The van der Waals surface area contributed by atoms with Crippen LogP contribution in [0.5, 0.6) is 0 Å². The highest BCUT2D eigenvalue weighted by Gasteiger charge is 2.67. The number of hydrogen-bond acceptors (Lipinski definition) is 4. The minimum absolute atomic E-state index is 0.0416. The molecule has 4 nitrogen and oxygen atoms in total. The summed E-state index contributed by atoms with van der Waals surface area (Å²) in [5, 5.41) is 43.2. The van der Waals surface area contributed by atoms with Gasteiger partial charge in [-0.25, -0.2) is 0 Å². The Kier molecular flexibility index (Phi) is 3.36. The van der Waals surface area contributed by atoms with Crippen molar-refractivity contribution in [3.63, 3.8) is 0 Å². The van der Waals surface area contributed by atoms with Crippen LogP contribution >= 0.6 is 0 Å².